The number of carbonyl (C=O) groups excluding carboxylic acids is 2. The third-order valence-corrected chi connectivity index (χ3v) is 5.55. The minimum Gasteiger partial charge on any atom is -0.451 e. The molecule has 2 rings (SSSR count). The number of sulfonamides is 1. The zero-order valence-corrected chi connectivity index (χ0v) is 17.0. The van der Waals surface area contributed by atoms with Gasteiger partial charge in [-0.1, -0.05) is 35.4 Å². The van der Waals surface area contributed by atoms with Crippen molar-refractivity contribution in [1.29, 1.82) is 0 Å². The van der Waals surface area contributed by atoms with E-state index >= 15 is 0 Å². The van der Waals surface area contributed by atoms with E-state index in [4.69, 9.17) is 4.74 Å². The summed E-state index contributed by atoms with van der Waals surface area (Å²) in [5.41, 5.74) is 2.54. The number of rotatable bonds is 7. The van der Waals surface area contributed by atoms with Gasteiger partial charge in [-0.2, -0.15) is 4.72 Å². The van der Waals surface area contributed by atoms with Crippen molar-refractivity contribution in [2.24, 2.45) is 0 Å². The van der Waals surface area contributed by atoms with Crippen molar-refractivity contribution in [1.82, 2.24) is 4.72 Å². The van der Waals surface area contributed by atoms with Crippen LogP contribution >= 0.6 is 0 Å². The zero-order chi connectivity index (χ0) is 20.9. The number of hydrogen-bond acceptors (Lipinski definition) is 5. The number of anilines is 1. The lowest BCUT2D eigenvalue weighted by Gasteiger charge is -2.18. The Balaban J connectivity index is 1.94. The van der Waals surface area contributed by atoms with Crippen LogP contribution in [0.5, 0.6) is 0 Å². The molecule has 0 fully saturated rings. The molecule has 0 aromatic heterocycles. The molecule has 2 atom stereocenters. The third-order valence-electron chi connectivity index (χ3n) is 4.00. The predicted molar refractivity (Wildman–Crippen MR) is 106 cm³/mol. The molecule has 0 saturated heterocycles. The molecule has 2 aromatic carbocycles. The first kappa shape index (κ1) is 21.6. The molecule has 0 radical (unpaired) electrons. The SMILES string of the molecule is Cc1ccc(NC(=O)[C@@H](C)OC(=O)[C@H](C)NS(=O)(=O)c2ccc(C)cc2)cc1. The van der Waals surface area contributed by atoms with Crippen molar-refractivity contribution >= 4 is 27.6 Å². The topological polar surface area (TPSA) is 102 Å². The maximum Gasteiger partial charge on any atom is 0.324 e. The van der Waals surface area contributed by atoms with Gasteiger partial charge in [0.05, 0.1) is 4.90 Å². The Morgan fingerprint density at radius 2 is 1.39 bits per heavy atom. The van der Waals surface area contributed by atoms with Crippen LogP contribution < -0.4 is 10.0 Å². The van der Waals surface area contributed by atoms with Crippen LogP contribution in [-0.4, -0.2) is 32.4 Å². The minimum absolute atomic E-state index is 0.0444. The number of hydrogen-bond donors (Lipinski definition) is 2. The summed E-state index contributed by atoms with van der Waals surface area (Å²) in [6, 6.07) is 12.2. The van der Waals surface area contributed by atoms with Crippen LogP contribution in [0.3, 0.4) is 0 Å². The maximum atomic E-state index is 12.3. The summed E-state index contributed by atoms with van der Waals surface area (Å²) in [4.78, 5) is 24.4. The number of aryl methyl sites for hydroxylation is 2. The number of amides is 1. The number of esters is 1. The average molecular weight is 404 g/mol. The second-order valence-electron chi connectivity index (χ2n) is 6.59. The molecule has 7 nitrogen and oxygen atoms in total. The van der Waals surface area contributed by atoms with Crippen molar-refractivity contribution in [3.8, 4) is 0 Å². The molecule has 8 heteroatoms. The first-order valence-corrected chi connectivity index (χ1v) is 10.2. The van der Waals surface area contributed by atoms with Gasteiger partial charge in [-0.15, -0.1) is 0 Å². The number of benzene rings is 2. The number of carbonyl (C=O) groups is 2. The lowest BCUT2D eigenvalue weighted by molar-refractivity contribution is -0.154. The molecule has 0 unspecified atom stereocenters. The van der Waals surface area contributed by atoms with Crippen LogP contribution in [0.2, 0.25) is 0 Å². The Morgan fingerprint density at radius 1 is 0.893 bits per heavy atom. The van der Waals surface area contributed by atoms with E-state index in [9.17, 15) is 18.0 Å². The molecular formula is C20H24N2O5S. The summed E-state index contributed by atoms with van der Waals surface area (Å²) in [7, 11) is -3.88. The number of nitrogens with one attached hydrogen (secondary N) is 2. The largest absolute Gasteiger partial charge is 0.451 e. The maximum absolute atomic E-state index is 12.3. The summed E-state index contributed by atoms with van der Waals surface area (Å²) < 4.78 is 32.0. The molecule has 28 heavy (non-hydrogen) atoms. The summed E-state index contributed by atoms with van der Waals surface area (Å²) in [5.74, 6) is -1.35. The monoisotopic (exact) mass is 404 g/mol. The second-order valence-corrected chi connectivity index (χ2v) is 8.30. The Labute approximate surface area is 165 Å². The van der Waals surface area contributed by atoms with Gasteiger partial charge in [0.25, 0.3) is 5.91 Å². The molecule has 0 aliphatic rings. The highest BCUT2D eigenvalue weighted by atomic mass is 32.2. The van der Waals surface area contributed by atoms with Gasteiger partial charge in [0.1, 0.15) is 6.04 Å². The van der Waals surface area contributed by atoms with Crippen LogP contribution in [-0.2, 0) is 24.3 Å². The van der Waals surface area contributed by atoms with Crippen molar-refractivity contribution < 1.29 is 22.7 Å². The van der Waals surface area contributed by atoms with Gasteiger partial charge in [0.15, 0.2) is 6.10 Å². The van der Waals surface area contributed by atoms with Crippen molar-refractivity contribution in [3.05, 3.63) is 59.7 Å². The van der Waals surface area contributed by atoms with Gasteiger partial charge in [-0.3, -0.25) is 9.59 Å². The lowest BCUT2D eigenvalue weighted by atomic mass is 10.2. The van der Waals surface area contributed by atoms with Crippen molar-refractivity contribution in [3.63, 3.8) is 0 Å². The molecule has 1 amide bonds. The molecule has 150 valence electrons. The minimum atomic E-state index is -3.88. The fourth-order valence-electron chi connectivity index (χ4n) is 2.28. The normalized spacial score (nSPS) is 13.4. The highest BCUT2D eigenvalue weighted by molar-refractivity contribution is 7.89. The standard InChI is InChI=1S/C20H24N2O5S/c1-13-5-9-17(10-6-13)21-19(23)16(4)27-20(24)15(3)22-28(25,26)18-11-7-14(2)8-12-18/h5-12,15-16,22H,1-4H3,(H,21,23)/t15-,16+/m0/s1. The Morgan fingerprint density at radius 3 is 1.93 bits per heavy atom. The van der Waals surface area contributed by atoms with Gasteiger partial charge in [-0.05, 0) is 52.0 Å². The summed E-state index contributed by atoms with van der Waals surface area (Å²) in [6.45, 7) is 6.54. The average Bonchev–Trinajstić information content (AvgIpc) is 2.63. The van der Waals surface area contributed by atoms with Crippen LogP contribution in [0.1, 0.15) is 25.0 Å². The Hall–Kier alpha value is -2.71. The predicted octanol–water partition coefficient (Wildman–Crippen LogP) is 2.54. The Bertz CT molecular complexity index is 938. The van der Waals surface area contributed by atoms with E-state index in [0.29, 0.717) is 5.69 Å². The summed E-state index contributed by atoms with van der Waals surface area (Å²) in [6.07, 6.45) is -1.08. The second kappa shape index (κ2) is 8.99. The Kier molecular flexibility index (Phi) is 6.93. The molecule has 2 aromatic rings. The summed E-state index contributed by atoms with van der Waals surface area (Å²) in [5, 5.41) is 2.64. The first-order chi connectivity index (χ1) is 13.1. The number of ether oxygens (including phenoxy) is 1. The van der Waals surface area contributed by atoms with E-state index in [2.05, 4.69) is 10.0 Å². The molecule has 0 aliphatic heterocycles. The van der Waals surface area contributed by atoms with E-state index in [1.54, 1.807) is 24.3 Å². The molecule has 0 spiro atoms. The van der Waals surface area contributed by atoms with Gasteiger partial charge >= 0.3 is 5.97 Å². The van der Waals surface area contributed by atoms with E-state index < -0.39 is 34.0 Å². The lowest BCUT2D eigenvalue weighted by Crippen LogP contribution is -2.42. The highest BCUT2D eigenvalue weighted by Crippen LogP contribution is 2.12. The van der Waals surface area contributed by atoms with Crippen LogP contribution in [0, 0.1) is 13.8 Å². The van der Waals surface area contributed by atoms with E-state index in [1.807, 2.05) is 26.0 Å². The van der Waals surface area contributed by atoms with Crippen molar-refractivity contribution in [2.75, 3.05) is 5.32 Å². The summed E-state index contributed by atoms with van der Waals surface area (Å²) >= 11 is 0. The molecule has 0 heterocycles. The van der Waals surface area contributed by atoms with Crippen LogP contribution in [0.25, 0.3) is 0 Å². The first-order valence-electron chi connectivity index (χ1n) is 8.75. The van der Waals surface area contributed by atoms with Gasteiger partial charge in [0, 0.05) is 5.69 Å². The van der Waals surface area contributed by atoms with E-state index in [1.165, 1.54) is 26.0 Å². The van der Waals surface area contributed by atoms with Crippen molar-refractivity contribution in [2.45, 2.75) is 44.7 Å². The van der Waals surface area contributed by atoms with Gasteiger partial charge in [0.2, 0.25) is 10.0 Å². The molecule has 0 saturated carbocycles. The zero-order valence-electron chi connectivity index (χ0n) is 16.2. The molecule has 0 aliphatic carbocycles. The fraction of sp³-hybridized carbons (Fsp3) is 0.300. The highest BCUT2D eigenvalue weighted by Gasteiger charge is 2.26. The van der Waals surface area contributed by atoms with E-state index in [0.717, 1.165) is 11.1 Å². The molecule has 2 N–H and O–H groups in total. The van der Waals surface area contributed by atoms with Crippen LogP contribution in [0.15, 0.2) is 53.4 Å². The van der Waals surface area contributed by atoms with Gasteiger partial charge in [-0.25, -0.2) is 8.42 Å². The smallest absolute Gasteiger partial charge is 0.324 e. The van der Waals surface area contributed by atoms with E-state index in [-0.39, 0.29) is 4.90 Å². The quantitative estimate of drug-likeness (QED) is 0.691. The molecular weight excluding hydrogens is 380 g/mol. The van der Waals surface area contributed by atoms with Gasteiger partial charge < -0.3 is 10.1 Å². The van der Waals surface area contributed by atoms with Crippen LogP contribution in [0.4, 0.5) is 5.69 Å². The molecule has 0 bridgehead atoms. The third kappa shape index (κ3) is 5.90. The fourth-order valence-corrected chi connectivity index (χ4v) is 3.47.